The number of aromatic nitrogens is 1. The van der Waals surface area contributed by atoms with Crippen LogP contribution in [-0.2, 0) is 13.0 Å². The Hall–Kier alpha value is -1.87. The maximum atomic E-state index is 9.08. The first-order chi connectivity index (χ1) is 10.2. The van der Waals surface area contributed by atoms with Gasteiger partial charge in [0.15, 0.2) is 0 Å². The Bertz CT molecular complexity index is 594. The second kappa shape index (κ2) is 6.27. The number of aliphatic hydroxyl groups excluding tert-OH is 1. The Balaban J connectivity index is 1.61. The number of nitrogens with zero attached hydrogens (tertiary/aromatic N) is 2. The minimum absolute atomic E-state index is 0.124. The minimum atomic E-state index is 0.124. The molecule has 1 saturated heterocycles. The number of aryl methyl sites for hydroxylation is 1. The molecule has 2 heterocycles. The lowest BCUT2D eigenvalue weighted by Crippen LogP contribution is -2.20. The molecule has 0 spiro atoms. The Morgan fingerprint density at radius 3 is 2.67 bits per heavy atom. The van der Waals surface area contributed by atoms with E-state index in [1.54, 1.807) is 0 Å². The summed E-state index contributed by atoms with van der Waals surface area (Å²) in [6.45, 7) is 4.41. The summed E-state index contributed by atoms with van der Waals surface area (Å²) in [5.74, 6) is 0.707. The zero-order valence-corrected chi connectivity index (χ0v) is 12.5. The fourth-order valence-corrected chi connectivity index (χ4v) is 3.08. The predicted octanol–water partition coefficient (Wildman–Crippen LogP) is 2.95. The third-order valence-electron chi connectivity index (χ3n) is 4.26. The monoisotopic (exact) mass is 282 g/mol. The van der Waals surface area contributed by atoms with Crippen molar-refractivity contribution in [3.8, 4) is 0 Å². The van der Waals surface area contributed by atoms with E-state index in [1.807, 2.05) is 25.3 Å². The van der Waals surface area contributed by atoms with Gasteiger partial charge >= 0.3 is 0 Å². The SMILES string of the molecule is Cc1cc(N2CCC(Cc3ccc(CO)cc3)C2)ccn1. The molecule has 3 nitrogen and oxygen atoms in total. The second-order valence-electron chi connectivity index (χ2n) is 5.93. The van der Waals surface area contributed by atoms with Crippen molar-refractivity contribution >= 4 is 5.69 Å². The molecule has 1 aromatic carbocycles. The molecule has 1 N–H and O–H groups in total. The van der Waals surface area contributed by atoms with Crippen LogP contribution in [0.15, 0.2) is 42.6 Å². The van der Waals surface area contributed by atoms with E-state index in [4.69, 9.17) is 5.11 Å². The summed E-state index contributed by atoms with van der Waals surface area (Å²) in [4.78, 5) is 6.73. The molecule has 110 valence electrons. The van der Waals surface area contributed by atoms with E-state index in [2.05, 4.69) is 34.1 Å². The average Bonchev–Trinajstić information content (AvgIpc) is 2.97. The molecule has 1 atom stereocenters. The van der Waals surface area contributed by atoms with Crippen molar-refractivity contribution in [2.75, 3.05) is 18.0 Å². The zero-order chi connectivity index (χ0) is 14.7. The molecule has 1 fully saturated rings. The summed E-state index contributed by atoms with van der Waals surface area (Å²) in [5, 5.41) is 9.08. The van der Waals surface area contributed by atoms with Crippen molar-refractivity contribution in [2.24, 2.45) is 5.92 Å². The Morgan fingerprint density at radius 2 is 1.95 bits per heavy atom. The molecular weight excluding hydrogens is 260 g/mol. The standard InChI is InChI=1S/C18H22N2O/c1-14-10-18(6-8-19-14)20-9-7-17(12-20)11-15-2-4-16(13-21)5-3-15/h2-6,8,10,17,21H,7,9,11-13H2,1H3. The van der Waals surface area contributed by atoms with Crippen molar-refractivity contribution in [1.82, 2.24) is 4.98 Å². The van der Waals surface area contributed by atoms with Crippen LogP contribution in [-0.4, -0.2) is 23.2 Å². The molecule has 0 saturated carbocycles. The van der Waals surface area contributed by atoms with Gasteiger partial charge in [-0.05, 0) is 48.9 Å². The topological polar surface area (TPSA) is 36.4 Å². The van der Waals surface area contributed by atoms with Gasteiger partial charge in [0, 0.05) is 30.7 Å². The highest BCUT2D eigenvalue weighted by atomic mass is 16.3. The zero-order valence-electron chi connectivity index (χ0n) is 12.5. The van der Waals surface area contributed by atoms with E-state index in [1.165, 1.54) is 17.7 Å². The maximum Gasteiger partial charge on any atom is 0.0681 e. The fraction of sp³-hybridized carbons (Fsp3) is 0.389. The first-order valence-corrected chi connectivity index (χ1v) is 7.61. The van der Waals surface area contributed by atoms with Crippen LogP contribution in [0.1, 0.15) is 23.2 Å². The van der Waals surface area contributed by atoms with E-state index in [-0.39, 0.29) is 6.61 Å². The lowest BCUT2D eigenvalue weighted by Gasteiger charge is -2.19. The molecule has 3 heteroatoms. The molecule has 1 aliphatic rings. The summed E-state index contributed by atoms with van der Waals surface area (Å²) in [5.41, 5.74) is 4.72. The number of aliphatic hydroxyl groups is 1. The third-order valence-corrected chi connectivity index (χ3v) is 4.26. The smallest absolute Gasteiger partial charge is 0.0681 e. The molecular formula is C18H22N2O. The molecule has 0 amide bonds. The lowest BCUT2D eigenvalue weighted by molar-refractivity contribution is 0.282. The van der Waals surface area contributed by atoms with Gasteiger partial charge in [-0.1, -0.05) is 24.3 Å². The van der Waals surface area contributed by atoms with Crippen LogP contribution >= 0.6 is 0 Å². The first kappa shape index (κ1) is 14.1. The van der Waals surface area contributed by atoms with Crippen LogP contribution in [0.3, 0.4) is 0 Å². The molecule has 1 unspecified atom stereocenters. The van der Waals surface area contributed by atoms with Crippen LogP contribution in [0.25, 0.3) is 0 Å². The van der Waals surface area contributed by atoms with Crippen LogP contribution in [0.5, 0.6) is 0 Å². The Kier molecular flexibility index (Phi) is 4.20. The molecule has 0 aliphatic carbocycles. The van der Waals surface area contributed by atoms with Gasteiger partial charge in [0.25, 0.3) is 0 Å². The maximum absolute atomic E-state index is 9.08. The van der Waals surface area contributed by atoms with E-state index >= 15 is 0 Å². The van der Waals surface area contributed by atoms with Gasteiger partial charge < -0.3 is 10.0 Å². The lowest BCUT2D eigenvalue weighted by atomic mass is 9.98. The fourth-order valence-electron chi connectivity index (χ4n) is 3.08. The number of hydrogen-bond donors (Lipinski definition) is 1. The van der Waals surface area contributed by atoms with Crippen molar-refractivity contribution < 1.29 is 5.11 Å². The van der Waals surface area contributed by atoms with Crippen LogP contribution in [0.4, 0.5) is 5.69 Å². The normalized spacial score (nSPS) is 18.2. The number of benzene rings is 1. The summed E-state index contributed by atoms with van der Waals surface area (Å²) < 4.78 is 0. The third kappa shape index (κ3) is 3.42. The van der Waals surface area contributed by atoms with Gasteiger partial charge in [-0.15, -0.1) is 0 Å². The molecule has 0 bridgehead atoms. The average molecular weight is 282 g/mol. The van der Waals surface area contributed by atoms with Crippen molar-refractivity contribution in [3.63, 3.8) is 0 Å². The number of pyridine rings is 1. The summed E-state index contributed by atoms with van der Waals surface area (Å²) in [6, 6.07) is 12.6. The van der Waals surface area contributed by atoms with E-state index in [0.29, 0.717) is 5.92 Å². The van der Waals surface area contributed by atoms with Gasteiger partial charge in [-0.2, -0.15) is 0 Å². The van der Waals surface area contributed by atoms with Crippen LogP contribution in [0, 0.1) is 12.8 Å². The second-order valence-corrected chi connectivity index (χ2v) is 5.93. The quantitative estimate of drug-likeness (QED) is 0.936. The summed E-state index contributed by atoms with van der Waals surface area (Å²) in [7, 11) is 0. The van der Waals surface area contributed by atoms with Gasteiger partial charge in [0.2, 0.25) is 0 Å². The Morgan fingerprint density at radius 1 is 1.19 bits per heavy atom. The molecule has 21 heavy (non-hydrogen) atoms. The van der Waals surface area contributed by atoms with Gasteiger partial charge in [-0.3, -0.25) is 4.98 Å². The number of hydrogen-bond acceptors (Lipinski definition) is 3. The number of rotatable bonds is 4. The highest BCUT2D eigenvalue weighted by molar-refractivity contribution is 5.47. The molecule has 0 radical (unpaired) electrons. The van der Waals surface area contributed by atoms with Gasteiger partial charge in [0.05, 0.1) is 6.61 Å². The molecule has 3 rings (SSSR count). The molecule has 1 aliphatic heterocycles. The minimum Gasteiger partial charge on any atom is -0.392 e. The van der Waals surface area contributed by atoms with Gasteiger partial charge in [-0.25, -0.2) is 0 Å². The van der Waals surface area contributed by atoms with Crippen LogP contribution in [0.2, 0.25) is 0 Å². The largest absolute Gasteiger partial charge is 0.392 e. The van der Waals surface area contributed by atoms with Crippen molar-refractivity contribution in [3.05, 3.63) is 59.4 Å². The van der Waals surface area contributed by atoms with Gasteiger partial charge in [0.1, 0.15) is 0 Å². The molecule has 2 aromatic rings. The Labute approximate surface area is 126 Å². The van der Waals surface area contributed by atoms with E-state index in [9.17, 15) is 0 Å². The summed E-state index contributed by atoms with van der Waals surface area (Å²) in [6.07, 6.45) is 4.25. The summed E-state index contributed by atoms with van der Waals surface area (Å²) >= 11 is 0. The highest BCUT2D eigenvalue weighted by Gasteiger charge is 2.22. The highest BCUT2D eigenvalue weighted by Crippen LogP contribution is 2.26. The number of anilines is 1. The predicted molar refractivity (Wildman–Crippen MR) is 85.4 cm³/mol. The van der Waals surface area contributed by atoms with Crippen LogP contribution < -0.4 is 4.90 Å². The molecule has 1 aromatic heterocycles. The van der Waals surface area contributed by atoms with E-state index in [0.717, 1.165) is 30.8 Å². The van der Waals surface area contributed by atoms with Crippen molar-refractivity contribution in [2.45, 2.75) is 26.4 Å². The van der Waals surface area contributed by atoms with Crippen molar-refractivity contribution in [1.29, 1.82) is 0 Å². The first-order valence-electron chi connectivity index (χ1n) is 7.61. The van der Waals surface area contributed by atoms with E-state index < -0.39 is 0 Å².